The maximum Gasteiger partial charge on any atom is 0.246 e. The van der Waals surface area contributed by atoms with E-state index in [-0.39, 0.29) is 11.6 Å². The minimum absolute atomic E-state index is 0.217. The molecule has 0 fully saturated rings. The van der Waals surface area contributed by atoms with Gasteiger partial charge in [-0.05, 0) is 18.2 Å². The topological polar surface area (TPSA) is 88.9 Å². The Morgan fingerprint density at radius 2 is 2.26 bits per heavy atom. The van der Waals surface area contributed by atoms with E-state index in [0.29, 0.717) is 36.2 Å². The summed E-state index contributed by atoms with van der Waals surface area (Å²) in [6.45, 7) is 1.03. The monoisotopic (exact) mass is 335 g/mol. The van der Waals surface area contributed by atoms with Crippen LogP contribution in [0.15, 0.2) is 22.7 Å². The predicted octanol–water partition coefficient (Wildman–Crippen LogP) is 3.07. The molecule has 0 radical (unpaired) electrons. The first kappa shape index (κ1) is 14.2. The van der Waals surface area contributed by atoms with E-state index in [2.05, 4.69) is 25.7 Å². The molecule has 2 aromatic heterocycles. The molecule has 0 unspecified atom stereocenters. The Bertz CT molecular complexity index is 863. The van der Waals surface area contributed by atoms with Crippen LogP contribution in [0, 0.1) is 5.82 Å². The lowest BCUT2D eigenvalue weighted by molar-refractivity contribution is 0.103. The number of fused-ring (bicyclic) bond motifs is 1. The van der Waals surface area contributed by atoms with Crippen LogP contribution in [0.5, 0.6) is 0 Å². The van der Waals surface area contributed by atoms with Crippen LogP contribution < -0.4 is 5.32 Å². The molecule has 1 aliphatic heterocycles. The second-order valence-corrected chi connectivity index (χ2v) is 5.43. The van der Waals surface area contributed by atoms with Gasteiger partial charge in [0.2, 0.25) is 5.95 Å². The summed E-state index contributed by atoms with van der Waals surface area (Å²) in [7, 11) is 0. The Labute approximate surface area is 134 Å². The average Bonchev–Trinajstić information content (AvgIpc) is 3.16. The van der Waals surface area contributed by atoms with Gasteiger partial charge in [0.15, 0.2) is 11.5 Å². The number of hydrogen-bond donors (Lipinski definition) is 2. The smallest absolute Gasteiger partial charge is 0.246 e. The normalized spacial score (nSPS) is 13.8. The molecule has 0 bridgehead atoms. The number of benzene rings is 1. The third-order valence-corrected chi connectivity index (χ3v) is 3.71. The van der Waals surface area contributed by atoms with E-state index in [4.69, 9.17) is 20.9 Å². The molecule has 0 aliphatic carbocycles. The molecular formula is C14H11ClFN5O2. The number of H-pyrrole nitrogens is 1. The third kappa shape index (κ3) is 2.66. The quantitative estimate of drug-likeness (QED) is 0.764. The van der Waals surface area contributed by atoms with Crippen molar-refractivity contribution in [1.82, 2.24) is 20.3 Å². The number of aromatic amines is 1. The summed E-state index contributed by atoms with van der Waals surface area (Å²) >= 11 is 5.72. The van der Waals surface area contributed by atoms with E-state index < -0.39 is 5.82 Å². The summed E-state index contributed by atoms with van der Waals surface area (Å²) < 4.78 is 24.5. The van der Waals surface area contributed by atoms with E-state index >= 15 is 0 Å². The molecule has 9 heteroatoms. The Hall–Kier alpha value is -2.45. The molecule has 0 spiro atoms. The van der Waals surface area contributed by atoms with Crippen molar-refractivity contribution in [3.05, 3.63) is 40.4 Å². The Balaban J connectivity index is 1.61. The summed E-state index contributed by atoms with van der Waals surface area (Å²) in [6.07, 6.45) is 0.678. The number of halogens is 2. The molecule has 7 nitrogen and oxygen atoms in total. The Morgan fingerprint density at radius 3 is 3.13 bits per heavy atom. The van der Waals surface area contributed by atoms with E-state index in [1.807, 2.05) is 0 Å². The first-order valence-corrected chi connectivity index (χ1v) is 7.28. The van der Waals surface area contributed by atoms with Crippen LogP contribution in [-0.4, -0.2) is 26.9 Å². The maximum absolute atomic E-state index is 13.8. The average molecular weight is 336 g/mol. The van der Waals surface area contributed by atoms with Crippen LogP contribution >= 0.6 is 11.6 Å². The first-order valence-electron chi connectivity index (χ1n) is 6.91. The van der Waals surface area contributed by atoms with Gasteiger partial charge in [-0.1, -0.05) is 16.8 Å². The highest BCUT2D eigenvalue weighted by molar-refractivity contribution is 6.30. The van der Waals surface area contributed by atoms with Crippen molar-refractivity contribution >= 4 is 23.2 Å². The van der Waals surface area contributed by atoms with Crippen molar-refractivity contribution in [2.45, 2.75) is 13.0 Å². The highest BCUT2D eigenvalue weighted by Crippen LogP contribution is 2.28. The lowest BCUT2D eigenvalue weighted by Crippen LogP contribution is -2.08. The van der Waals surface area contributed by atoms with Gasteiger partial charge in [-0.2, -0.15) is 4.98 Å². The molecule has 0 atom stereocenters. The summed E-state index contributed by atoms with van der Waals surface area (Å²) in [5, 5.41) is 13.9. The van der Waals surface area contributed by atoms with Gasteiger partial charge in [-0.15, -0.1) is 5.10 Å². The number of anilines is 2. The number of aromatic nitrogens is 4. The van der Waals surface area contributed by atoms with Gasteiger partial charge >= 0.3 is 0 Å². The zero-order chi connectivity index (χ0) is 15.8. The lowest BCUT2D eigenvalue weighted by atomic mass is 10.1. The highest BCUT2D eigenvalue weighted by Gasteiger charge is 2.23. The molecule has 23 heavy (non-hydrogen) atoms. The number of hydrogen-bond acceptors (Lipinski definition) is 6. The number of nitrogens with zero attached hydrogens (tertiary/aromatic N) is 3. The molecule has 0 amide bonds. The second kappa shape index (κ2) is 5.64. The molecule has 1 aliphatic rings. The van der Waals surface area contributed by atoms with Gasteiger partial charge < -0.3 is 14.6 Å². The summed E-state index contributed by atoms with van der Waals surface area (Å²) in [5.41, 5.74) is 1.64. The Morgan fingerprint density at radius 1 is 1.35 bits per heavy atom. The summed E-state index contributed by atoms with van der Waals surface area (Å²) in [5.74, 6) is 0.948. The fraction of sp³-hybridized carbons (Fsp3) is 0.214. The largest absolute Gasteiger partial charge is 0.376 e. The van der Waals surface area contributed by atoms with Gasteiger partial charge in [-0.3, -0.25) is 5.10 Å². The minimum atomic E-state index is -0.490. The van der Waals surface area contributed by atoms with Crippen molar-refractivity contribution in [3.8, 4) is 11.5 Å². The molecular weight excluding hydrogens is 325 g/mol. The van der Waals surface area contributed by atoms with Crippen LogP contribution in [0.4, 0.5) is 16.0 Å². The molecule has 3 aromatic rings. The maximum atomic E-state index is 13.8. The van der Waals surface area contributed by atoms with Crippen molar-refractivity contribution in [1.29, 1.82) is 0 Å². The van der Waals surface area contributed by atoms with Crippen molar-refractivity contribution < 1.29 is 13.7 Å². The van der Waals surface area contributed by atoms with Gasteiger partial charge in [0.25, 0.3) is 0 Å². The van der Waals surface area contributed by atoms with E-state index in [1.165, 1.54) is 12.1 Å². The first-order chi connectivity index (χ1) is 11.2. The van der Waals surface area contributed by atoms with Gasteiger partial charge in [0, 0.05) is 11.4 Å². The zero-order valence-corrected chi connectivity index (χ0v) is 12.5. The Kier molecular flexibility index (Phi) is 3.47. The minimum Gasteiger partial charge on any atom is -0.376 e. The second-order valence-electron chi connectivity index (χ2n) is 4.99. The van der Waals surface area contributed by atoms with Crippen molar-refractivity contribution in [3.63, 3.8) is 0 Å². The molecule has 1 aromatic carbocycles. The molecule has 3 heterocycles. The van der Waals surface area contributed by atoms with E-state index in [1.54, 1.807) is 6.07 Å². The van der Waals surface area contributed by atoms with Crippen LogP contribution in [0.3, 0.4) is 0 Å². The fourth-order valence-corrected chi connectivity index (χ4v) is 2.51. The van der Waals surface area contributed by atoms with E-state index in [0.717, 1.165) is 11.3 Å². The molecule has 118 valence electrons. The van der Waals surface area contributed by atoms with Crippen molar-refractivity contribution in [2.24, 2.45) is 0 Å². The fourth-order valence-electron chi connectivity index (χ4n) is 2.35. The van der Waals surface area contributed by atoms with Gasteiger partial charge in [0.1, 0.15) is 11.6 Å². The standard InChI is InChI=1S/C14H11ClFN5O2/c15-7-1-2-10(9(16)5-7)17-14-18-13(19-20-14)12-8-6-22-4-3-11(8)23-21-12/h1-2,5H,3-4,6H2,(H2,17,18,19,20). The summed E-state index contributed by atoms with van der Waals surface area (Å²) in [6, 6.07) is 4.30. The number of ether oxygens (including phenoxy) is 1. The van der Waals surface area contributed by atoms with Crippen LogP contribution in [0.25, 0.3) is 11.5 Å². The zero-order valence-electron chi connectivity index (χ0n) is 11.8. The van der Waals surface area contributed by atoms with Crippen LogP contribution in [0.1, 0.15) is 11.3 Å². The van der Waals surface area contributed by atoms with Crippen LogP contribution in [0.2, 0.25) is 5.02 Å². The van der Waals surface area contributed by atoms with Gasteiger partial charge in [-0.25, -0.2) is 4.39 Å². The third-order valence-electron chi connectivity index (χ3n) is 3.48. The molecule has 0 saturated carbocycles. The SMILES string of the molecule is Fc1cc(Cl)ccc1Nc1n[nH]c(-c2noc3c2COCC3)n1. The van der Waals surface area contributed by atoms with Crippen molar-refractivity contribution in [2.75, 3.05) is 11.9 Å². The lowest BCUT2D eigenvalue weighted by Gasteiger charge is -2.09. The number of nitrogens with one attached hydrogen (secondary N) is 2. The number of rotatable bonds is 3. The van der Waals surface area contributed by atoms with Gasteiger partial charge in [0.05, 0.1) is 24.5 Å². The predicted molar refractivity (Wildman–Crippen MR) is 79.9 cm³/mol. The molecule has 0 saturated heterocycles. The van der Waals surface area contributed by atoms with E-state index in [9.17, 15) is 4.39 Å². The summed E-state index contributed by atoms with van der Waals surface area (Å²) in [4.78, 5) is 4.26. The highest BCUT2D eigenvalue weighted by atomic mass is 35.5. The molecule has 2 N–H and O–H groups in total. The molecule has 4 rings (SSSR count). The van der Waals surface area contributed by atoms with Crippen LogP contribution in [-0.2, 0) is 17.8 Å².